The normalized spacial score (nSPS) is 16.2. The summed E-state index contributed by atoms with van der Waals surface area (Å²) in [5, 5.41) is 9.60. The monoisotopic (exact) mass is 413 g/mol. The Kier molecular flexibility index (Phi) is 6.95. The molecule has 7 heteroatoms. The maximum atomic E-state index is 12.6. The Morgan fingerprint density at radius 3 is 2.80 bits per heavy atom. The molecule has 1 fully saturated rings. The van der Waals surface area contributed by atoms with Gasteiger partial charge in [-0.1, -0.05) is 6.07 Å². The number of carbonyl (C=O) groups is 2. The Labute approximate surface area is 175 Å². The standard InChI is InChI=1S/C23H27NO6/c1-15-11-19(16(2)24(15)13-18-5-4-10-29-18)21(26)14-30-23(27)9-7-17-6-8-20(25)22(12-17)28-3/h6-9,11-12,18,25H,4-5,10,13-14H2,1-3H3/b9-7+/t18-/m0/s1. The van der Waals surface area contributed by atoms with E-state index in [1.165, 1.54) is 25.3 Å². The van der Waals surface area contributed by atoms with E-state index in [-0.39, 0.29) is 24.2 Å². The molecule has 2 aromatic rings. The minimum absolute atomic E-state index is 0.0138. The SMILES string of the molecule is COc1cc(/C=C/C(=O)OCC(=O)c2cc(C)n(C[C@@H]3CCCO3)c2C)ccc1O. The average molecular weight is 413 g/mol. The second-order valence-corrected chi connectivity index (χ2v) is 7.33. The van der Waals surface area contributed by atoms with Crippen LogP contribution in [0.25, 0.3) is 6.08 Å². The van der Waals surface area contributed by atoms with E-state index in [2.05, 4.69) is 4.57 Å². The Balaban J connectivity index is 1.58. The maximum absolute atomic E-state index is 12.6. The number of rotatable bonds is 8. The number of ether oxygens (including phenoxy) is 3. The van der Waals surface area contributed by atoms with Crippen molar-refractivity contribution in [3.05, 3.63) is 52.9 Å². The van der Waals surface area contributed by atoms with Crippen molar-refractivity contribution in [1.82, 2.24) is 4.57 Å². The molecular formula is C23H27NO6. The molecule has 0 saturated carbocycles. The minimum Gasteiger partial charge on any atom is -0.504 e. The topological polar surface area (TPSA) is 87.0 Å². The number of phenols is 1. The van der Waals surface area contributed by atoms with E-state index in [9.17, 15) is 14.7 Å². The molecule has 0 unspecified atom stereocenters. The van der Waals surface area contributed by atoms with Gasteiger partial charge in [0.05, 0.1) is 13.2 Å². The molecule has 1 aromatic carbocycles. The number of phenolic OH excluding ortho intramolecular Hbond substituents is 1. The van der Waals surface area contributed by atoms with E-state index in [1.54, 1.807) is 12.1 Å². The Morgan fingerprint density at radius 1 is 1.30 bits per heavy atom. The largest absolute Gasteiger partial charge is 0.504 e. The highest BCUT2D eigenvalue weighted by atomic mass is 16.5. The predicted octanol–water partition coefficient (Wildman–Crippen LogP) is 3.44. The molecule has 0 bridgehead atoms. The van der Waals surface area contributed by atoms with Crippen molar-refractivity contribution in [2.24, 2.45) is 0 Å². The summed E-state index contributed by atoms with van der Waals surface area (Å²) in [7, 11) is 1.44. The molecular weight excluding hydrogens is 386 g/mol. The van der Waals surface area contributed by atoms with Crippen molar-refractivity contribution in [2.75, 3.05) is 20.3 Å². The number of hydrogen-bond acceptors (Lipinski definition) is 6. The molecule has 1 aliphatic rings. The summed E-state index contributed by atoms with van der Waals surface area (Å²) in [6.07, 6.45) is 5.04. The van der Waals surface area contributed by atoms with Crippen LogP contribution in [0, 0.1) is 13.8 Å². The van der Waals surface area contributed by atoms with E-state index in [0.717, 1.165) is 37.4 Å². The zero-order valence-electron chi connectivity index (χ0n) is 17.5. The molecule has 1 N–H and O–H groups in total. The number of Topliss-reactive ketones (excluding diaryl/α,β-unsaturated/α-hetero) is 1. The van der Waals surface area contributed by atoms with Crippen LogP contribution in [0.5, 0.6) is 11.5 Å². The number of aromatic nitrogens is 1. The van der Waals surface area contributed by atoms with Gasteiger partial charge in [-0.25, -0.2) is 4.79 Å². The number of aromatic hydroxyl groups is 1. The van der Waals surface area contributed by atoms with E-state index in [4.69, 9.17) is 14.2 Å². The molecule has 1 atom stereocenters. The fraction of sp³-hybridized carbons (Fsp3) is 0.391. The lowest BCUT2D eigenvalue weighted by Gasteiger charge is -2.14. The van der Waals surface area contributed by atoms with Crippen molar-refractivity contribution in [3.8, 4) is 11.5 Å². The first kappa shape index (κ1) is 21.6. The summed E-state index contributed by atoms with van der Waals surface area (Å²) in [5.74, 6) is -0.544. The molecule has 0 spiro atoms. The molecule has 0 aliphatic carbocycles. The van der Waals surface area contributed by atoms with Crippen LogP contribution in [0.2, 0.25) is 0 Å². The van der Waals surface area contributed by atoms with Gasteiger partial charge in [0.25, 0.3) is 0 Å². The van der Waals surface area contributed by atoms with Gasteiger partial charge in [-0.3, -0.25) is 4.79 Å². The number of esters is 1. The highest BCUT2D eigenvalue weighted by Gasteiger charge is 2.21. The summed E-state index contributed by atoms with van der Waals surface area (Å²) >= 11 is 0. The maximum Gasteiger partial charge on any atom is 0.331 e. The molecule has 160 valence electrons. The van der Waals surface area contributed by atoms with Crippen LogP contribution in [-0.4, -0.2) is 47.9 Å². The lowest BCUT2D eigenvalue weighted by Crippen LogP contribution is -2.18. The van der Waals surface area contributed by atoms with Crippen LogP contribution >= 0.6 is 0 Å². The van der Waals surface area contributed by atoms with Crippen molar-refractivity contribution >= 4 is 17.8 Å². The second-order valence-electron chi connectivity index (χ2n) is 7.33. The predicted molar refractivity (Wildman–Crippen MR) is 112 cm³/mol. The third-order valence-corrected chi connectivity index (χ3v) is 5.25. The lowest BCUT2D eigenvalue weighted by molar-refractivity contribution is -0.136. The third kappa shape index (κ3) is 5.10. The number of ketones is 1. The summed E-state index contributed by atoms with van der Waals surface area (Å²) < 4.78 is 17.9. The molecule has 7 nitrogen and oxygen atoms in total. The highest BCUT2D eigenvalue weighted by molar-refractivity contribution is 6.00. The zero-order chi connectivity index (χ0) is 21.7. The molecule has 1 aromatic heterocycles. The molecule has 30 heavy (non-hydrogen) atoms. The molecule has 0 amide bonds. The van der Waals surface area contributed by atoms with Gasteiger partial charge in [0.2, 0.25) is 5.78 Å². The number of hydrogen-bond donors (Lipinski definition) is 1. The van der Waals surface area contributed by atoms with Crippen molar-refractivity contribution in [1.29, 1.82) is 0 Å². The van der Waals surface area contributed by atoms with E-state index >= 15 is 0 Å². The second kappa shape index (κ2) is 9.63. The smallest absolute Gasteiger partial charge is 0.331 e. The molecule has 1 saturated heterocycles. The fourth-order valence-corrected chi connectivity index (χ4v) is 3.58. The third-order valence-electron chi connectivity index (χ3n) is 5.25. The zero-order valence-corrected chi connectivity index (χ0v) is 17.5. The van der Waals surface area contributed by atoms with Gasteiger partial charge in [-0.15, -0.1) is 0 Å². The number of aryl methyl sites for hydroxylation is 1. The Hall–Kier alpha value is -3.06. The lowest BCUT2D eigenvalue weighted by atomic mass is 10.1. The fourth-order valence-electron chi connectivity index (χ4n) is 3.58. The van der Waals surface area contributed by atoms with Crippen LogP contribution in [0.3, 0.4) is 0 Å². The Morgan fingerprint density at radius 2 is 2.10 bits per heavy atom. The van der Waals surface area contributed by atoms with Gasteiger partial charge in [0.15, 0.2) is 18.1 Å². The summed E-state index contributed by atoms with van der Waals surface area (Å²) in [6.45, 7) is 5.04. The number of nitrogens with zero attached hydrogens (tertiary/aromatic N) is 1. The van der Waals surface area contributed by atoms with Crippen LogP contribution in [0.1, 0.15) is 40.2 Å². The summed E-state index contributed by atoms with van der Waals surface area (Å²) in [6, 6.07) is 6.53. The minimum atomic E-state index is -0.622. The average Bonchev–Trinajstić information content (AvgIpc) is 3.35. The Bertz CT molecular complexity index is 953. The van der Waals surface area contributed by atoms with Crippen LogP contribution in [0.15, 0.2) is 30.3 Å². The quantitative estimate of drug-likeness (QED) is 0.405. The molecule has 1 aliphatic heterocycles. The van der Waals surface area contributed by atoms with Crippen LogP contribution in [-0.2, 0) is 20.8 Å². The van der Waals surface area contributed by atoms with Gasteiger partial charge >= 0.3 is 5.97 Å². The van der Waals surface area contributed by atoms with E-state index < -0.39 is 5.97 Å². The highest BCUT2D eigenvalue weighted by Crippen LogP contribution is 2.26. The van der Waals surface area contributed by atoms with E-state index in [0.29, 0.717) is 16.9 Å². The van der Waals surface area contributed by atoms with Crippen molar-refractivity contribution in [2.45, 2.75) is 39.3 Å². The first-order valence-electron chi connectivity index (χ1n) is 9.92. The van der Waals surface area contributed by atoms with Crippen molar-refractivity contribution < 1.29 is 28.9 Å². The number of methoxy groups -OCH3 is 1. The summed E-state index contributed by atoms with van der Waals surface area (Å²) in [4.78, 5) is 24.6. The van der Waals surface area contributed by atoms with Gasteiger partial charge in [-0.2, -0.15) is 0 Å². The molecule has 0 radical (unpaired) electrons. The van der Waals surface area contributed by atoms with E-state index in [1.807, 2.05) is 19.9 Å². The molecule has 3 rings (SSSR count). The van der Waals surface area contributed by atoms with Crippen LogP contribution in [0.4, 0.5) is 0 Å². The summed E-state index contributed by atoms with van der Waals surface area (Å²) in [5.41, 5.74) is 3.06. The van der Waals surface area contributed by atoms with Gasteiger partial charge in [0.1, 0.15) is 0 Å². The van der Waals surface area contributed by atoms with Crippen molar-refractivity contribution in [3.63, 3.8) is 0 Å². The van der Waals surface area contributed by atoms with Gasteiger partial charge in [-0.05, 0) is 56.5 Å². The van der Waals surface area contributed by atoms with Crippen LogP contribution < -0.4 is 4.74 Å². The first-order chi connectivity index (χ1) is 14.4. The van der Waals surface area contributed by atoms with Gasteiger partial charge < -0.3 is 23.9 Å². The van der Waals surface area contributed by atoms with Gasteiger partial charge in [0, 0.05) is 36.2 Å². The number of benzene rings is 1. The number of carbonyl (C=O) groups excluding carboxylic acids is 2. The molecule has 2 heterocycles. The first-order valence-corrected chi connectivity index (χ1v) is 9.92.